The fraction of sp³-hybridized carbons (Fsp3) is 0.462. The van der Waals surface area contributed by atoms with Crippen LogP contribution in [0, 0.1) is 0 Å². The van der Waals surface area contributed by atoms with E-state index in [0.29, 0.717) is 6.04 Å². The fourth-order valence-electron chi connectivity index (χ4n) is 2.47. The molecule has 2 aromatic rings. The minimum Gasteiger partial charge on any atom is -0.314 e. The molecule has 0 saturated carbocycles. The first-order chi connectivity index (χ1) is 8.31. The number of rotatable bonds is 2. The Bertz CT molecular complexity index is 514. The van der Waals surface area contributed by atoms with Crippen LogP contribution in [0.5, 0.6) is 0 Å². The van der Waals surface area contributed by atoms with Crippen LogP contribution in [0.25, 0.3) is 5.65 Å². The summed E-state index contributed by atoms with van der Waals surface area (Å²) in [5.74, 6) is 0. The van der Waals surface area contributed by atoms with Crippen molar-refractivity contribution in [1.82, 2.24) is 14.7 Å². The first-order valence-electron chi connectivity index (χ1n) is 6.18. The number of pyridine rings is 1. The van der Waals surface area contributed by atoms with Crippen molar-refractivity contribution in [3.05, 3.63) is 35.2 Å². The fourth-order valence-corrected chi connectivity index (χ4v) is 2.63. The maximum atomic E-state index is 5.96. The van der Waals surface area contributed by atoms with Gasteiger partial charge in [-0.1, -0.05) is 18.0 Å². The Morgan fingerprint density at radius 1 is 1.35 bits per heavy atom. The lowest BCUT2D eigenvalue weighted by atomic mass is 10.0. The van der Waals surface area contributed by atoms with Crippen LogP contribution >= 0.6 is 11.6 Å². The molecule has 1 atom stereocenters. The van der Waals surface area contributed by atoms with Gasteiger partial charge in [0.1, 0.15) is 5.65 Å². The van der Waals surface area contributed by atoms with Crippen LogP contribution in [0.1, 0.15) is 25.0 Å². The maximum absolute atomic E-state index is 5.96. The highest BCUT2D eigenvalue weighted by Gasteiger charge is 2.14. The van der Waals surface area contributed by atoms with Crippen molar-refractivity contribution in [3.63, 3.8) is 0 Å². The van der Waals surface area contributed by atoms with E-state index in [2.05, 4.69) is 16.5 Å². The van der Waals surface area contributed by atoms with Crippen molar-refractivity contribution in [2.75, 3.05) is 6.54 Å². The Labute approximate surface area is 106 Å². The predicted octanol–water partition coefficient (Wildman–Crippen LogP) is 2.67. The third-order valence-electron chi connectivity index (χ3n) is 3.33. The lowest BCUT2D eigenvalue weighted by molar-refractivity contribution is 0.397. The zero-order valence-electron chi connectivity index (χ0n) is 9.69. The van der Waals surface area contributed by atoms with E-state index in [-0.39, 0.29) is 0 Å². The molecule has 17 heavy (non-hydrogen) atoms. The van der Waals surface area contributed by atoms with Gasteiger partial charge in [0.05, 0.1) is 10.7 Å². The Hall–Kier alpha value is -1.06. The number of nitrogens with zero attached hydrogens (tertiary/aromatic N) is 2. The SMILES string of the molecule is Clc1ccc2nc(CC3CCCCN3)cn2c1. The third kappa shape index (κ3) is 2.45. The highest BCUT2D eigenvalue weighted by Crippen LogP contribution is 2.15. The van der Waals surface area contributed by atoms with Gasteiger partial charge in [-0.05, 0) is 31.5 Å². The molecule has 0 aromatic carbocycles. The number of hydrogen-bond donors (Lipinski definition) is 1. The third-order valence-corrected chi connectivity index (χ3v) is 3.56. The average Bonchev–Trinajstić information content (AvgIpc) is 2.71. The van der Waals surface area contributed by atoms with Gasteiger partial charge in [0.15, 0.2) is 0 Å². The summed E-state index contributed by atoms with van der Waals surface area (Å²) in [6, 6.07) is 4.43. The predicted molar refractivity (Wildman–Crippen MR) is 69.5 cm³/mol. The minimum atomic E-state index is 0.587. The highest BCUT2D eigenvalue weighted by atomic mass is 35.5. The molecule has 3 nitrogen and oxygen atoms in total. The van der Waals surface area contributed by atoms with Crippen LogP contribution in [0.15, 0.2) is 24.5 Å². The first kappa shape index (κ1) is 11.1. The number of imidazole rings is 1. The summed E-state index contributed by atoms with van der Waals surface area (Å²) >= 11 is 5.96. The molecule has 2 aromatic heterocycles. The number of nitrogens with one attached hydrogen (secondary N) is 1. The van der Waals surface area contributed by atoms with Crippen LogP contribution in [0.2, 0.25) is 5.02 Å². The van der Waals surface area contributed by atoms with Crippen LogP contribution in [0.3, 0.4) is 0 Å². The first-order valence-corrected chi connectivity index (χ1v) is 6.55. The van der Waals surface area contributed by atoms with Gasteiger partial charge in [0.25, 0.3) is 0 Å². The Morgan fingerprint density at radius 2 is 2.29 bits per heavy atom. The molecule has 0 spiro atoms. The quantitative estimate of drug-likeness (QED) is 0.887. The zero-order chi connectivity index (χ0) is 11.7. The molecule has 4 heteroatoms. The van der Waals surface area contributed by atoms with Crippen LogP contribution in [0.4, 0.5) is 0 Å². The van der Waals surface area contributed by atoms with Crippen molar-refractivity contribution in [2.24, 2.45) is 0 Å². The minimum absolute atomic E-state index is 0.587. The summed E-state index contributed by atoms with van der Waals surface area (Å²) in [5.41, 5.74) is 2.12. The van der Waals surface area contributed by atoms with E-state index in [1.807, 2.05) is 22.7 Å². The summed E-state index contributed by atoms with van der Waals surface area (Å²) in [6.07, 6.45) is 8.89. The van der Waals surface area contributed by atoms with Crippen molar-refractivity contribution in [1.29, 1.82) is 0 Å². The topological polar surface area (TPSA) is 29.3 Å². The lowest BCUT2D eigenvalue weighted by Crippen LogP contribution is -2.35. The number of piperidine rings is 1. The largest absolute Gasteiger partial charge is 0.314 e. The zero-order valence-corrected chi connectivity index (χ0v) is 10.5. The van der Waals surface area contributed by atoms with Crippen molar-refractivity contribution >= 4 is 17.2 Å². The molecule has 90 valence electrons. The number of fused-ring (bicyclic) bond motifs is 1. The van der Waals surface area contributed by atoms with Gasteiger partial charge in [0, 0.05) is 24.9 Å². The van der Waals surface area contributed by atoms with E-state index in [9.17, 15) is 0 Å². The molecule has 3 heterocycles. The molecule has 1 unspecified atom stereocenters. The molecule has 1 fully saturated rings. The average molecular weight is 250 g/mol. The summed E-state index contributed by atoms with van der Waals surface area (Å²) in [7, 11) is 0. The molecule has 0 amide bonds. The molecule has 0 bridgehead atoms. The molecule has 1 aliphatic heterocycles. The monoisotopic (exact) mass is 249 g/mol. The number of halogens is 1. The number of hydrogen-bond acceptors (Lipinski definition) is 2. The van der Waals surface area contributed by atoms with Crippen molar-refractivity contribution in [3.8, 4) is 0 Å². The summed E-state index contributed by atoms with van der Waals surface area (Å²) in [4.78, 5) is 4.61. The van der Waals surface area contributed by atoms with Crippen molar-refractivity contribution < 1.29 is 0 Å². The number of aromatic nitrogens is 2. The molecule has 1 saturated heterocycles. The van der Waals surface area contributed by atoms with Crippen LogP contribution in [-0.2, 0) is 6.42 Å². The Balaban J connectivity index is 1.80. The van der Waals surface area contributed by atoms with E-state index in [0.717, 1.165) is 29.3 Å². The van der Waals surface area contributed by atoms with E-state index in [1.165, 1.54) is 19.3 Å². The normalized spacial score (nSPS) is 20.9. The Kier molecular flexibility index (Phi) is 3.04. The summed E-state index contributed by atoms with van der Waals surface area (Å²) in [5, 5.41) is 4.30. The van der Waals surface area contributed by atoms with E-state index in [4.69, 9.17) is 11.6 Å². The molecule has 1 aliphatic rings. The van der Waals surface area contributed by atoms with Gasteiger partial charge >= 0.3 is 0 Å². The smallest absolute Gasteiger partial charge is 0.137 e. The second kappa shape index (κ2) is 4.67. The summed E-state index contributed by atoms with van der Waals surface area (Å²) < 4.78 is 2.00. The lowest BCUT2D eigenvalue weighted by Gasteiger charge is -2.22. The highest BCUT2D eigenvalue weighted by molar-refractivity contribution is 6.30. The summed E-state index contributed by atoms with van der Waals surface area (Å²) in [6.45, 7) is 1.14. The molecule has 0 radical (unpaired) electrons. The van der Waals surface area contributed by atoms with E-state index >= 15 is 0 Å². The van der Waals surface area contributed by atoms with Gasteiger partial charge in [-0.2, -0.15) is 0 Å². The molecule has 0 aliphatic carbocycles. The second-order valence-corrected chi connectivity index (χ2v) is 5.13. The Morgan fingerprint density at radius 3 is 3.12 bits per heavy atom. The van der Waals surface area contributed by atoms with E-state index < -0.39 is 0 Å². The van der Waals surface area contributed by atoms with Gasteiger partial charge in [-0.25, -0.2) is 4.98 Å². The van der Waals surface area contributed by atoms with Gasteiger partial charge in [0.2, 0.25) is 0 Å². The molecule has 3 rings (SSSR count). The maximum Gasteiger partial charge on any atom is 0.137 e. The molecular weight excluding hydrogens is 234 g/mol. The van der Waals surface area contributed by atoms with Crippen molar-refractivity contribution in [2.45, 2.75) is 31.7 Å². The molecular formula is C13H16ClN3. The van der Waals surface area contributed by atoms with E-state index in [1.54, 1.807) is 0 Å². The molecule has 1 N–H and O–H groups in total. The second-order valence-electron chi connectivity index (χ2n) is 4.70. The van der Waals surface area contributed by atoms with Gasteiger partial charge < -0.3 is 9.72 Å². The van der Waals surface area contributed by atoms with Crippen LogP contribution < -0.4 is 5.32 Å². The standard InChI is InChI=1S/C13H16ClN3/c14-10-4-5-13-16-12(9-17(13)8-10)7-11-3-1-2-6-15-11/h4-5,8-9,11,15H,1-3,6-7H2. The van der Waals surface area contributed by atoms with Gasteiger partial charge in [-0.3, -0.25) is 0 Å². The van der Waals surface area contributed by atoms with Gasteiger partial charge in [-0.15, -0.1) is 0 Å². The van der Waals surface area contributed by atoms with Crippen LogP contribution in [-0.4, -0.2) is 22.0 Å².